The maximum Gasteiger partial charge on any atom is 0.385 e. The van der Waals surface area contributed by atoms with Crippen molar-refractivity contribution in [2.45, 2.75) is 6.92 Å². The van der Waals surface area contributed by atoms with Gasteiger partial charge >= 0.3 is 6.08 Å². The third-order valence-electron chi connectivity index (χ3n) is 0.765. The standard InChI is InChI=1S/C6H13NO3/c1-4-10-6(9-3)7-5-8-2/h4-5H2,1-3H3. The molecular formula is C6H13NO3. The SMILES string of the molecule is CCOC(=NCOC)OC. The highest BCUT2D eigenvalue weighted by Crippen LogP contribution is 1.83. The van der Waals surface area contributed by atoms with E-state index >= 15 is 0 Å². The molecule has 0 spiro atoms. The van der Waals surface area contributed by atoms with Crippen LogP contribution in [0.1, 0.15) is 6.92 Å². The largest absolute Gasteiger partial charge is 0.454 e. The zero-order valence-corrected chi connectivity index (χ0v) is 6.59. The molecule has 0 amide bonds. The van der Waals surface area contributed by atoms with Crippen LogP contribution in [0.3, 0.4) is 0 Å². The second-order valence-corrected chi connectivity index (χ2v) is 1.48. The van der Waals surface area contributed by atoms with E-state index in [0.717, 1.165) is 0 Å². The summed E-state index contributed by atoms with van der Waals surface area (Å²) in [6.07, 6.45) is 0.268. The van der Waals surface area contributed by atoms with Crippen LogP contribution in [-0.2, 0) is 14.2 Å². The van der Waals surface area contributed by atoms with E-state index in [-0.39, 0.29) is 12.8 Å². The van der Waals surface area contributed by atoms with Crippen LogP contribution in [0.25, 0.3) is 0 Å². The van der Waals surface area contributed by atoms with Gasteiger partial charge in [0.2, 0.25) is 0 Å². The second-order valence-electron chi connectivity index (χ2n) is 1.48. The molecule has 0 fully saturated rings. The van der Waals surface area contributed by atoms with Crippen LogP contribution >= 0.6 is 0 Å². The average molecular weight is 147 g/mol. The summed E-state index contributed by atoms with van der Waals surface area (Å²) < 4.78 is 14.4. The van der Waals surface area contributed by atoms with Crippen LogP contribution in [0.15, 0.2) is 4.99 Å². The number of hydrogen-bond acceptors (Lipinski definition) is 4. The highest BCUT2D eigenvalue weighted by molar-refractivity contribution is 5.66. The van der Waals surface area contributed by atoms with Gasteiger partial charge in [-0.2, -0.15) is 4.99 Å². The van der Waals surface area contributed by atoms with E-state index in [1.165, 1.54) is 7.11 Å². The highest BCUT2D eigenvalue weighted by Gasteiger charge is 1.93. The Hall–Kier alpha value is -0.770. The normalized spacial score (nSPS) is 11.3. The molecule has 0 atom stereocenters. The van der Waals surface area contributed by atoms with Crippen LogP contribution in [0.2, 0.25) is 0 Å². The molecular weight excluding hydrogens is 134 g/mol. The van der Waals surface area contributed by atoms with Gasteiger partial charge in [-0.05, 0) is 6.92 Å². The molecule has 0 radical (unpaired) electrons. The molecule has 0 aromatic heterocycles. The summed E-state index contributed by atoms with van der Waals surface area (Å²) in [6, 6.07) is 0. The lowest BCUT2D eigenvalue weighted by Crippen LogP contribution is -2.07. The Labute approximate surface area is 60.8 Å². The van der Waals surface area contributed by atoms with Crippen LogP contribution in [0, 0.1) is 0 Å². The van der Waals surface area contributed by atoms with Crippen molar-refractivity contribution in [3.63, 3.8) is 0 Å². The molecule has 0 aliphatic rings. The molecule has 0 aliphatic heterocycles. The van der Waals surface area contributed by atoms with Crippen molar-refractivity contribution in [2.24, 2.45) is 4.99 Å². The Bertz CT molecular complexity index is 103. The van der Waals surface area contributed by atoms with Crippen LogP contribution < -0.4 is 0 Å². The first-order valence-electron chi connectivity index (χ1n) is 3.05. The zero-order chi connectivity index (χ0) is 7.82. The number of hydrogen-bond donors (Lipinski definition) is 0. The van der Waals surface area contributed by atoms with Gasteiger partial charge in [-0.15, -0.1) is 0 Å². The Morgan fingerprint density at radius 1 is 1.40 bits per heavy atom. The molecule has 0 heterocycles. The maximum absolute atomic E-state index is 4.94. The van der Waals surface area contributed by atoms with Gasteiger partial charge in [0.1, 0.15) is 6.73 Å². The molecule has 0 bridgehead atoms. The minimum absolute atomic E-state index is 0.267. The summed E-state index contributed by atoms with van der Waals surface area (Å²) in [6.45, 7) is 2.68. The second kappa shape index (κ2) is 6.35. The quantitative estimate of drug-likeness (QED) is 0.434. The van der Waals surface area contributed by atoms with Gasteiger partial charge in [0.15, 0.2) is 0 Å². The van der Waals surface area contributed by atoms with Crippen LogP contribution in [0.4, 0.5) is 0 Å². The topological polar surface area (TPSA) is 40.0 Å². The van der Waals surface area contributed by atoms with E-state index < -0.39 is 0 Å². The molecule has 0 unspecified atom stereocenters. The lowest BCUT2D eigenvalue weighted by molar-refractivity contribution is 0.176. The molecule has 0 N–H and O–H groups in total. The average Bonchev–Trinajstić information content (AvgIpc) is 1.98. The maximum atomic E-state index is 4.94. The molecule has 0 aromatic carbocycles. The van der Waals surface area contributed by atoms with Gasteiger partial charge in [0, 0.05) is 7.11 Å². The summed E-state index contributed by atoms with van der Waals surface area (Å²) in [4.78, 5) is 3.80. The molecule has 0 saturated heterocycles. The van der Waals surface area contributed by atoms with Gasteiger partial charge in [0.05, 0.1) is 13.7 Å². The van der Waals surface area contributed by atoms with Crippen molar-refractivity contribution in [1.82, 2.24) is 0 Å². The molecule has 0 aromatic rings. The monoisotopic (exact) mass is 147 g/mol. The number of rotatable bonds is 3. The first-order valence-corrected chi connectivity index (χ1v) is 3.05. The lowest BCUT2D eigenvalue weighted by Gasteiger charge is -2.03. The van der Waals surface area contributed by atoms with E-state index in [0.29, 0.717) is 6.61 Å². The van der Waals surface area contributed by atoms with Gasteiger partial charge in [-0.25, -0.2) is 0 Å². The molecule has 4 nitrogen and oxygen atoms in total. The van der Waals surface area contributed by atoms with Crippen molar-refractivity contribution in [2.75, 3.05) is 27.6 Å². The summed E-state index contributed by atoms with van der Waals surface area (Å²) in [5.41, 5.74) is 0. The number of ether oxygens (including phenoxy) is 3. The van der Waals surface area contributed by atoms with Crippen molar-refractivity contribution in [3.8, 4) is 0 Å². The molecule has 0 rings (SSSR count). The first kappa shape index (κ1) is 9.23. The zero-order valence-electron chi connectivity index (χ0n) is 6.59. The predicted octanol–water partition coefficient (Wildman–Crippen LogP) is 0.629. The van der Waals surface area contributed by atoms with Crippen LogP contribution in [-0.4, -0.2) is 33.6 Å². The number of aliphatic imine (C=N–C) groups is 1. The number of nitrogens with zero attached hydrogens (tertiary/aromatic N) is 1. The van der Waals surface area contributed by atoms with E-state index in [9.17, 15) is 0 Å². The fourth-order valence-corrected chi connectivity index (χ4v) is 0.410. The third-order valence-corrected chi connectivity index (χ3v) is 0.765. The van der Waals surface area contributed by atoms with E-state index in [1.807, 2.05) is 6.92 Å². The van der Waals surface area contributed by atoms with E-state index in [2.05, 4.69) is 9.73 Å². The van der Waals surface area contributed by atoms with Gasteiger partial charge in [-0.3, -0.25) is 0 Å². The third kappa shape index (κ3) is 4.14. The Morgan fingerprint density at radius 2 is 2.10 bits per heavy atom. The Morgan fingerprint density at radius 3 is 2.50 bits per heavy atom. The fraction of sp³-hybridized carbons (Fsp3) is 0.833. The van der Waals surface area contributed by atoms with Crippen molar-refractivity contribution >= 4 is 6.08 Å². The minimum atomic E-state index is 0.267. The molecule has 0 saturated carbocycles. The number of methoxy groups -OCH3 is 2. The lowest BCUT2D eigenvalue weighted by atomic mass is 10.9. The molecule has 60 valence electrons. The summed E-state index contributed by atoms with van der Waals surface area (Å²) in [5.74, 6) is 0. The molecule has 4 heteroatoms. The smallest absolute Gasteiger partial charge is 0.385 e. The van der Waals surface area contributed by atoms with Crippen molar-refractivity contribution in [3.05, 3.63) is 0 Å². The Balaban J connectivity index is 3.55. The van der Waals surface area contributed by atoms with Gasteiger partial charge < -0.3 is 14.2 Å². The van der Waals surface area contributed by atoms with Crippen molar-refractivity contribution < 1.29 is 14.2 Å². The van der Waals surface area contributed by atoms with Crippen molar-refractivity contribution in [1.29, 1.82) is 0 Å². The first-order chi connectivity index (χ1) is 4.85. The predicted molar refractivity (Wildman–Crippen MR) is 37.9 cm³/mol. The summed E-state index contributed by atoms with van der Waals surface area (Å²) in [7, 11) is 3.06. The molecule has 0 aliphatic carbocycles. The summed E-state index contributed by atoms with van der Waals surface area (Å²) >= 11 is 0. The minimum Gasteiger partial charge on any atom is -0.454 e. The Kier molecular flexibility index (Phi) is 5.86. The van der Waals surface area contributed by atoms with Gasteiger partial charge in [0.25, 0.3) is 0 Å². The summed E-state index contributed by atoms with van der Waals surface area (Å²) in [5, 5.41) is 0. The van der Waals surface area contributed by atoms with E-state index in [4.69, 9.17) is 9.47 Å². The van der Waals surface area contributed by atoms with E-state index in [1.54, 1.807) is 7.11 Å². The fourth-order valence-electron chi connectivity index (χ4n) is 0.410. The highest BCUT2D eigenvalue weighted by atomic mass is 16.7. The van der Waals surface area contributed by atoms with Gasteiger partial charge in [-0.1, -0.05) is 0 Å². The van der Waals surface area contributed by atoms with Crippen LogP contribution in [0.5, 0.6) is 0 Å². The molecule has 10 heavy (non-hydrogen) atoms.